The molecule has 0 aromatic heterocycles. The lowest BCUT2D eigenvalue weighted by atomic mass is 9.89. The lowest BCUT2D eigenvalue weighted by Crippen LogP contribution is -2.01. The number of hydrogen-bond acceptors (Lipinski definition) is 0. The first kappa shape index (κ1) is 40.0. The molecule has 0 fully saturated rings. The summed E-state index contributed by atoms with van der Waals surface area (Å²) in [5.74, 6) is 1.04. The van der Waals surface area contributed by atoms with E-state index in [1.54, 1.807) is 0 Å². The Morgan fingerprint density at radius 2 is 0.350 bits per heavy atom. The molecule has 1 atom stereocenters. The van der Waals surface area contributed by atoms with Crippen LogP contribution >= 0.6 is 0 Å². The molecule has 0 radical (unpaired) electrons. The van der Waals surface area contributed by atoms with Gasteiger partial charge in [0, 0.05) is 0 Å². The number of rotatable bonds is 36. The van der Waals surface area contributed by atoms with Gasteiger partial charge in [-0.1, -0.05) is 252 Å². The molecule has 0 heterocycles. The largest absolute Gasteiger partial charge is 0.0654 e. The van der Waals surface area contributed by atoms with Crippen molar-refractivity contribution in [2.75, 3.05) is 0 Å². The highest BCUT2D eigenvalue weighted by atomic mass is 14.1. The molecule has 0 spiro atoms. The molecule has 0 rings (SSSR count). The molecule has 0 aliphatic carbocycles. The first-order valence-corrected chi connectivity index (χ1v) is 19.8. The van der Waals surface area contributed by atoms with Crippen LogP contribution in [0, 0.1) is 5.92 Å². The Kier molecular flexibility index (Phi) is 37.0. The van der Waals surface area contributed by atoms with E-state index >= 15 is 0 Å². The van der Waals surface area contributed by atoms with Crippen LogP contribution in [0.3, 0.4) is 0 Å². The summed E-state index contributed by atoms with van der Waals surface area (Å²) in [4.78, 5) is 0. The minimum Gasteiger partial charge on any atom is -0.0654 e. The van der Waals surface area contributed by atoms with Crippen LogP contribution in [-0.2, 0) is 0 Å². The summed E-state index contributed by atoms with van der Waals surface area (Å²) in [6.45, 7) is 6.99. The molecular weight excluding hydrogens is 480 g/mol. The third-order valence-electron chi connectivity index (χ3n) is 9.65. The monoisotopic (exact) mass is 563 g/mol. The second-order valence-electron chi connectivity index (χ2n) is 13.8. The predicted octanol–water partition coefficient (Wildman–Crippen LogP) is 15.7. The Morgan fingerprint density at radius 3 is 0.575 bits per heavy atom. The Morgan fingerprint density at radius 1 is 0.200 bits per heavy atom. The minimum absolute atomic E-state index is 1.04. The molecule has 242 valence electrons. The van der Waals surface area contributed by atoms with E-state index in [0.717, 1.165) is 5.92 Å². The Hall–Kier alpha value is 0. The minimum atomic E-state index is 1.04. The van der Waals surface area contributed by atoms with Crippen molar-refractivity contribution in [2.24, 2.45) is 5.92 Å². The van der Waals surface area contributed by atoms with Crippen LogP contribution in [0.5, 0.6) is 0 Å². The zero-order chi connectivity index (χ0) is 29.0. The van der Waals surface area contributed by atoms with Gasteiger partial charge >= 0.3 is 0 Å². The van der Waals surface area contributed by atoms with Crippen molar-refractivity contribution in [3.05, 3.63) is 0 Å². The first-order valence-electron chi connectivity index (χ1n) is 19.8. The van der Waals surface area contributed by atoms with Crippen molar-refractivity contribution in [1.82, 2.24) is 0 Å². The average molecular weight is 563 g/mol. The highest BCUT2D eigenvalue weighted by Crippen LogP contribution is 2.24. The van der Waals surface area contributed by atoms with E-state index in [-0.39, 0.29) is 0 Å². The second-order valence-corrected chi connectivity index (χ2v) is 13.8. The lowest BCUT2D eigenvalue weighted by Gasteiger charge is -2.17. The van der Waals surface area contributed by atoms with Crippen molar-refractivity contribution < 1.29 is 0 Å². The maximum atomic E-state index is 2.36. The van der Waals surface area contributed by atoms with Gasteiger partial charge in [0.2, 0.25) is 0 Å². The molecule has 0 heteroatoms. The summed E-state index contributed by atoms with van der Waals surface area (Å²) in [6, 6.07) is 0. The van der Waals surface area contributed by atoms with E-state index < -0.39 is 0 Å². The zero-order valence-corrected chi connectivity index (χ0v) is 29.0. The molecule has 0 amide bonds. The second kappa shape index (κ2) is 37.0. The van der Waals surface area contributed by atoms with Gasteiger partial charge in [-0.25, -0.2) is 0 Å². The smallest absolute Gasteiger partial charge is 0.0414 e. The van der Waals surface area contributed by atoms with Crippen molar-refractivity contribution in [3.8, 4) is 0 Å². The van der Waals surface area contributed by atoms with Gasteiger partial charge in [-0.05, 0) is 5.92 Å². The number of hydrogen-bond donors (Lipinski definition) is 0. The van der Waals surface area contributed by atoms with Crippen molar-refractivity contribution in [3.63, 3.8) is 0 Å². The van der Waals surface area contributed by atoms with Gasteiger partial charge in [0.25, 0.3) is 0 Å². The molecule has 0 aliphatic heterocycles. The van der Waals surface area contributed by atoms with Crippen LogP contribution < -0.4 is 0 Å². The third kappa shape index (κ3) is 34.2. The Bertz CT molecular complexity index is 412. The van der Waals surface area contributed by atoms with Gasteiger partial charge < -0.3 is 0 Å². The van der Waals surface area contributed by atoms with E-state index in [4.69, 9.17) is 0 Å². The van der Waals surface area contributed by atoms with Gasteiger partial charge in [0.15, 0.2) is 0 Å². The lowest BCUT2D eigenvalue weighted by molar-refractivity contribution is 0.367. The first-order chi connectivity index (χ1) is 19.8. The topological polar surface area (TPSA) is 0 Å². The molecular formula is C40H82. The molecule has 0 aliphatic rings. The maximum absolute atomic E-state index is 2.36. The van der Waals surface area contributed by atoms with Crippen molar-refractivity contribution >= 4 is 0 Å². The van der Waals surface area contributed by atoms with Crippen LogP contribution in [0.15, 0.2) is 0 Å². The fraction of sp³-hybridized carbons (Fsp3) is 1.00. The molecule has 0 saturated carbocycles. The fourth-order valence-electron chi connectivity index (χ4n) is 6.72. The number of unbranched alkanes of at least 4 members (excludes halogenated alkanes) is 30. The van der Waals surface area contributed by atoms with E-state index in [9.17, 15) is 0 Å². The molecule has 0 nitrogen and oxygen atoms in total. The van der Waals surface area contributed by atoms with Crippen LogP contribution in [0.1, 0.15) is 252 Å². The van der Waals surface area contributed by atoms with Crippen LogP contribution in [-0.4, -0.2) is 0 Å². The van der Waals surface area contributed by atoms with Gasteiger partial charge in [-0.3, -0.25) is 0 Å². The molecule has 0 bridgehead atoms. The Labute approximate surface area is 257 Å². The molecule has 0 N–H and O–H groups in total. The quantitative estimate of drug-likeness (QED) is 0.0666. The highest BCUT2D eigenvalue weighted by Gasteiger charge is 2.08. The highest BCUT2D eigenvalue weighted by molar-refractivity contribution is 4.62. The maximum Gasteiger partial charge on any atom is -0.0414 e. The Balaban J connectivity index is 3.47. The normalized spacial score (nSPS) is 12.4. The van der Waals surface area contributed by atoms with Gasteiger partial charge in [-0.15, -0.1) is 0 Å². The standard InChI is InChI=1S/C40H82/c1-4-7-10-12-14-16-18-19-20-21-22-23-24-25-26-27-29-31-33-36-39-40(37-34-9-6-3)38-35-32-30-28-17-15-13-11-8-5-2/h40H,4-39H2,1-3H3. The summed E-state index contributed by atoms with van der Waals surface area (Å²) in [5, 5.41) is 0. The van der Waals surface area contributed by atoms with Crippen LogP contribution in [0.4, 0.5) is 0 Å². The van der Waals surface area contributed by atoms with Crippen LogP contribution in [0.25, 0.3) is 0 Å². The molecule has 0 aromatic carbocycles. The van der Waals surface area contributed by atoms with Gasteiger partial charge in [0.1, 0.15) is 0 Å². The zero-order valence-electron chi connectivity index (χ0n) is 29.0. The third-order valence-corrected chi connectivity index (χ3v) is 9.65. The fourth-order valence-corrected chi connectivity index (χ4v) is 6.72. The summed E-state index contributed by atoms with van der Waals surface area (Å²) < 4.78 is 0. The molecule has 40 heavy (non-hydrogen) atoms. The van der Waals surface area contributed by atoms with Crippen molar-refractivity contribution in [2.45, 2.75) is 252 Å². The van der Waals surface area contributed by atoms with Gasteiger partial charge in [0.05, 0.1) is 0 Å². The van der Waals surface area contributed by atoms with E-state index in [2.05, 4.69) is 20.8 Å². The van der Waals surface area contributed by atoms with Crippen molar-refractivity contribution in [1.29, 1.82) is 0 Å². The van der Waals surface area contributed by atoms with E-state index in [0.29, 0.717) is 0 Å². The SMILES string of the molecule is CCCCCCCCCCCCCCCCCCCCCCC(CCCCC)CCCCCCCCCCCC. The predicted molar refractivity (Wildman–Crippen MR) is 187 cm³/mol. The van der Waals surface area contributed by atoms with E-state index in [1.807, 2.05) is 0 Å². The average Bonchev–Trinajstić information content (AvgIpc) is 2.96. The molecule has 0 aromatic rings. The summed E-state index contributed by atoms with van der Waals surface area (Å²) in [7, 11) is 0. The summed E-state index contributed by atoms with van der Waals surface area (Å²) in [5.41, 5.74) is 0. The van der Waals surface area contributed by atoms with E-state index in [1.165, 1.54) is 231 Å². The summed E-state index contributed by atoms with van der Waals surface area (Å²) in [6.07, 6.45) is 53.3. The van der Waals surface area contributed by atoms with Gasteiger partial charge in [-0.2, -0.15) is 0 Å². The van der Waals surface area contributed by atoms with Crippen LogP contribution in [0.2, 0.25) is 0 Å². The molecule has 0 saturated heterocycles. The molecule has 1 unspecified atom stereocenters. The summed E-state index contributed by atoms with van der Waals surface area (Å²) >= 11 is 0.